The average molecular weight is 210 g/mol. The molecule has 4 heteroatoms. The van der Waals surface area contributed by atoms with Crippen LogP contribution in [0.3, 0.4) is 0 Å². The van der Waals surface area contributed by atoms with E-state index in [1.807, 2.05) is 6.55 Å². The second kappa shape index (κ2) is 4.38. The van der Waals surface area contributed by atoms with E-state index in [4.69, 9.17) is 11.1 Å². The molecule has 0 heterocycles. The molecule has 0 aromatic heterocycles. The van der Waals surface area contributed by atoms with E-state index in [0.29, 0.717) is 4.98 Å². The van der Waals surface area contributed by atoms with Gasteiger partial charge in [0.1, 0.15) is 0 Å². The van der Waals surface area contributed by atoms with Crippen molar-refractivity contribution in [3.05, 3.63) is 11.1 Å². The third-order valence-corrected chi connectivity index (χ3v) is 6.43. The molecule has 0 aliphatic carbocycles. The Morgan fingerprint density at radius 3 is 2.44 bits per heavy atom. The van der Waals surface area contributed by atoms with Gasteiger partial charge in [-0.05, 0) is 0 Å². The van der Waals surface area contributed by atoms with Gasteiger partial charge in [-0.3, -0.25) is 0 Å². The van der Waals surface area contributed by atoms with E-state index in [-0.39, 0.29) is 0 Å². The van der Waals surface area contributed by atoms with Gasteiger partial charge in [-0.1, -0.05) is 0 Å². The Morgan fingerprint density at radius 1 is 1.89 bits per heavy atom. The predicted octanol–water partition coefficient (Wildman–Crippen LogP) is 2.03. The molecule has 9 heavy (non-hydrogen) atoms. The standard InChI is InChI=1S/C3H5.C2H6ClSi.Co.O/c1-3-2;1-4(2)3;;/h1H2,2H3;4H,1H2,2H3;;. The number of allylic oxidation sites excluding steroid dienone is 1. The van der Waals surface area contributed by atoms with Crippen molar-refractivity contribution in [2.24, 2.45) is 0 Å². The van der Waals surface area contributed by atoms with Crippen molar-refractivity contribution >= 4 is 19.2 Å². The van der Waals surface area contributed by atoms with Crippen molar-refractivity contribution in [3.8, 4) is 0 Å². The summed E-state index contributed by atoms with van der Waals surface area (Å²) < 4.78 is 11.7. The van der Waals surface area contributed by atoms with E-state index in [2.05, 4.69) is 6.58 Å². The van der Waals surface area contributed by atoms with Crippen LogP contribution in [-0.2, 0) is 17.5 Å². The maximum absolute atomic E-state index is 10.9. The SMILES string of the molecule is C=[C](C)[Co](=[O])[CH2][SiH](C)Cl. The molecule has 0 fully saturated rings. The molecule has 57 valence electrons. The minimum atomic E-state index is -1.17. The van der Waals surface area contributed by atoms with Crippen LogP contribution >= 0.6 is 11.1 Å². The van der Waals surface area contributed by atoms with E-state index < -0.39 is 21.7 Å². The fraction of sp³-hybridized carbons (Fsp3) is 0.600. The quantitative estimate of drug-likeness (QED) is 0.514. The average Bonchev–Trinajstić information content (AvgIpc) is 1.63. The van der Waals surface area contributed by atoms with E-state index >= 15 is 0 Å². The number of hydrogen-bond acceptors (Lipinski definition) is 1. The predicted molar refractivity (Wildman–Crippen MR) is 39.2 cm³/mol. The Bertz CT molecular complexity index is 135. The molecule has 0 amide bonds. The summed E-state index contributed by atoms with van der Waals surface area (Å²) in [5.74, 6) is 0. The number of rotatable bonds is 3. The summed E-state index contributed by atoms with van der Waals surface area (Å²) in [6.45, 7) is 7.34. The Hall–Kier alpha value is 0.553. The van der Waals surface area contributed by atoms with Gasteiger partial charge in [-0.2, -0.15) is 0 Å². The summed E-state index contributed by atoms with van der Waals surface area (Å²) in [7, 11) is -1.16. The van der Waals surface area contributed by atoms with Crippen LogP contribution in [0, 0.1) is 0 Å². The first-order valence-corrected chi connectivity index (χ1v) is 7.99. The Morgan fingerprint density at radius 2 is 2.33 bits per heavy atom. The van der Waals surface area contributed by atoms with Crippen molar-refractivity contribution < 1.29 is 17.5 Å². The molecule has 0 spiro atoms. The zero-order valence-electron chi connectivity index (χ0n) is 5.61. The molecule has 0 radical (unpaired) electrons. The van der Waals surface area contributed by atoms with Gasteiger partial charge >= 0.3 is 66.2 Å². The zero-order chi connectivity index (χ0) is 7.44. The molecule has 0 bridgehead atoms. The van der Waals surface area contributed by atoms with Gasteiger partial charge in [0.2, 0.25) is 0 Å². The summed E-state index contributed by atoms with van der Waals surface area (Å²) in [5.41, 5.74) is 0. The second-order valence-corrected chi connectivity index (χ2v) is 8.95. The molecular formula is C5H11ClCoOSi. The van der Waals surface area contributed by atoms with Crippen molar-refractivity contribution in [3.63, 3.8) is 0 Å². The summed E-state index contributed by atoms with van der Waals surface area (Å²) in [6, 6.07) is 0. The Balaban J connectivity index is 3.65. The molecule has 0 saturated carbocycles. The van der Waals surface area contributed by atoms with Crippen molar-refractivity contribution in [1.29, 1.82) is 0 Å². The molecule has 0 aliphatic heterocycles. The van der Waals surface area contributed by atoms with Crippen LogP contribution in [0.25, 0.3) is 0 Å². The summed E-state index contributed by atoms with van der Waals surface area (Å²) in [5, 5.41) is 0. The van der Waals surface area contributed by atoms with Gasteiger partial charge in [0, 0.05) is 0 Å². The van der Waals surface area contributed by atoms with Crippen LogP contribution in [-0.4, -0.2) is 8.11 Å². The first-order chi connectivity index (χ1) is 4.04. The van der Waals surface area contributed by atoms with Crippen LogP contribution < -0.4 is 0 Å². The van der Waals surface area contributed by atoms with Gasteiger partial charge < -0.3 is 0 Å². The molecule has 0 N–H and O–H groups in total. The first kappa shape index (κ1) is 9.55. The van der Waals surface area contributed by atoms with Gasteiger partial charge in [-0.15, -0.1) is 0 Å². The van der Waals surface area contributed by atoms with E-state index in [1.54, 1.807) is 6.92 Å². The topological polar surface area (TPSA) is 17.1 Å². The maximum atomic E-state index is 10.9. The molecule has 1 atom stereocenters. The molecule has 1 unspecified atom stereocenters. The molecule has 1 nitrogen and oxygen atoms in total. The summed E-state index contributed by atoms with van der Waals surface area (Å²) >= 11 is 4.56. The van der Waals surface area contributed by atoms with E-state index in [0.717, 1.165) is 4.51 Å². The van der Waals surface area contributed by atoms with Crippen LogP contribution in [0.5, 0.6) is 0 Å². The second-order valence-electron chi connectivity index (χ2n) is 1.84. The van der Waals surface area contributed by atoms with Gasteiger partial charge in [0.15, 0.2) is 0 Å². The van der Waals surface area contributed by atoms with Crippen LogP contribution in [0.15, 0.2) is 11.1 Å². The Kier molecular flexibility index (Phi) is 4.65. The molecule has 0 rings (SSSR count). The van der Waals surface area contributed by atoms with Crippen LogP contribution in [0.2, 0.25) is 11.5 Å². The Labute approximate surface area is 66.4 Å². The van der Waals surface area contributed by atoms with Crippen LogP contribution in [0.4, 0.5) is 0 Å². The molecule has 0 aromatic rings. The van der Waals surface area contributed by atoms with Gasteiger partial charge in [-0.25, -0.2) is 0 Å². The van der Waals surface area contributed by atoms with E-state index in [1.165, 1.54) is 0 Å². The van der Waals surface area contributed by atoms with Crippen LogP contribution in [0.1, 0.15) is 6.92 Å². The monoisotopic (exact) mass is 209 g/mol. The molecule has 0 aromatic carbocycles. The minimum absolute atomic E-state index is 0.684. The fourth-order valence-corrected chi connectivity index (χ4v) is 4.70. The third-order valence-electron chi connectivity index (χ3n) is 0.628. The zero-order valence-corrected chi connectivity index (χ0v) is 8.56. The third kappa shape index (κ3) is 5.02. The van der Waals surface area contributed by atoms with Crippen molar-refractivity contribution in [2.75, 3.05) is 0 Å². The van der Waals surface area contributed by atoms with Gasteiger partial charge in [0.25, 0.3) is 0 Å². The summed E-state index contributed by atoms with van der Waals surface area (Å²) in [4.78, 5) is 0.684. The van der Waals surface area contributed by atoms with Crippen molar-refractivity contribution in [2.45, 2.75) is 18.4 Å². The number of halogens is 1. The molecular weight excluding hydrogens is 199 g/mol. The normalized spacial score (nSPS) is 14.8. The number of hydrogen-bond donors (Lipinski definition) is 0. The summed E-state index contributed by atoms with van der Waals surface area (Å²) in [6.07, 6.45) is 0. The molecule has 0 aliphatic rings. The molecule has 0 saturated heterocycles. The van der Waals surface area contributed by atoms with E-state index in [9.17, 15) is 3.87 Å². The first-order valence-electron chi connectivity index (χ1n) is 2.60. The van der Waals surface area contributed by atoms with Gasteiger partial charge in [0.05, 0.1) is 0 Å². The fourth-order valence-electron chi connectivity index (χ4n) is 0.286. The van der Waals surface area contributed by atoms with Crippen molar-refractivity contribution in [1.82, 2.24) is 0 Å².